The molecule has 4 rings (SSSR count). The first kappa shape index (κ1) is 21.8. The van der Waals surface area contributed by atoms with E-state index in [0.29, 0.717) is 12.5 Å². The Labute approximate surface area is 187 Å². The summed E-state index contributed by atoms with van der Waals surface area (Å²) in [6, 6.07) is 0. The molecule has 0 aliphatic carbocycles. The number of nitrogens with one attached hydrogen (secondary N) is 1. The summed E-state index contributed by atoms with van der Waals surface area (Å²) in [6.45, 7) is 12.6. The molecule has 0 aromatic carbocycles. The van der Waals surface area contributed by atoms with E-state index in [0.717, 1.165) is 58.2 Å². The number of pyridine rings is 1. The molecule has 0 spiro atoms. The normalized spacial score (nSPS) is 15.8. The molecule has 162 valence electrons. The fourth-order valence-electron chi connectivity index (χ4n) is 4.07. The maximum absolute atomic E-state index is 6.20. The number of unbranched alkanes of at least 4 members (excludes halogenated alkanes) is 1. The SMILES string of the molecule is CCCCNc1nc(SC)nc2c1sc1nc(CC(C)C)c3c(c12)CC(C)(C)OC3. The first-order chi connectivity index (χ1) is 14.3. The zero-order chi connectivity index (χ0) is 21.5. The predicted octanol–water partition coefficient (Wildman–Crippen LogP) is 6.22. The summed E-state index contributed by atoms with van der Waals surface area (Å²) >= 11 is 3.33. The third-order valence-electron chi connectivity index (χ3n) is 5.56. The molecule has 30 heavy (non-hydrogen) atoms. The molecule has 0 saturated heterocycles. The lowest BCUT2D eigenvalue weighted by molar-refractivity contribution is -0.0402. The van der Waals surface area contributed by atoms with Crippen LogP contribution in [0.5, 0.6) is 0 Å². The molecule has 0 bridgehead atoms. The molecule has 0 unspecified atom stereocenters. The zero-order valence-electron chi connectivity index (χ0n) is 18.9. The molecule has 7 heteroatoms. The summed E-state index contributed by atoms with van der Waals surface area (Å²) in [5.74, 6) is 1.50. The van der Waals surface area contributed by atoms with Crippen LogP contribution in [-0.4, -0.2) is 33.4 Å². The number of anilines is 1. The van der Waals surface area contributed by atoms with Crippen molar-refractivity contribution in [1.29, 1.82) is 0 Å². The Hall–Kier alpha value is -1.44. The molecule has 3 aromatic heterocycles. The van der Waals surface area contributed by atoms with Crippen LogP contribution in [0.15, 0.2) is 5.16 Å². The Bertz CT molecular complexity index is 1070. The number of hydrogen-bond donors (Lipinski definition) is 1. The van der Waals surface area contributed by atoms with Gasteiger partial charge >= 0.3 is 0 Å². The summed E-state index contributed by atoms with van der Waals surface area (Å²) in [6.07, 6.45) is 6.18. The van der Waals surface area contributed by atoms with Gasteiger partial charge in [-0.15, -0.1) is 11.3 Å². The second-order valence-electron chi connectivity index (χ2n) is 9.14. The molecular weight excluding hydrogens is 412 g/mol. The van der Waals surface area contributed by atoms with E-state index in [1.54, 1.807) is 23.1 Å². The van der Waals surface area contributed by atoms with Crippen molar-refractivity contribution < 1.29 is 4.74 Å². The Morgan fingerprint density at radius 1 is 1.20 bits per heavy atom. The number of thiophene rings is 1. The summed E-state index contributed by atoms with van der Waals surface area (Å²) in [7, 11) is 0. The molecule has 0 amide bonds. The van der Waals surface area contributed by atoms with Gasteiger partial charge in [0.15, 0.2) is 5.16 Å². The Morgan fingerprint density at radius 3 is 2.70 bits per heavy atom. The van der Waals surface area contributed by atoms with Gasteiger partial charge in [0.05, 0.1) is 22.4 Å². The minimum atomic E-state index is -0.178. The summed E-state index contributed by atoms with van der Waals surface area (Å²) < 4.78 is 7.32. The predicted molar refractivity (Wildman–Crippen MR) is 129 cm³/mol. The number of rotatable bonds is 7. The molecule has 0 atom stereocenters. The highest BCUT2D eigenvalue weighted by atomic mass is 32.2. The summed E-state index contributed by atoms with van der Waals surface area (Å²) in [5.41, 5.74) is 4.71. The fourth-order valence-corrected chi connectivity index (χ4v) is 5.57. The van der Waals surface area contributed by atoms with Crippen molar-refractivity contribution in [3.8, 4) is 0 Å². The highest BCUT2D eigenvalue weighted by Gasteiger charge is 2.32. The van der Waals surface area contributed by atoms with Crippen molar-refractivity contribution in [1.82, 2.24) is 15.0 Å². The average molecular weight is 445 g/mol. The molecule has 0 fully saturated rings. The van der Waals surface area contributed by atoms with Crippen LogP contribution in [0.3, 0.4) is 0 Å². The minimum absolute atomic E-state index is 0.178. The number of fused-ring (bicyclic) bond motifs is 5. The second-order valence-corrected chi connectivity index (χ2v) is 10.9. The van der Waals surface area contributed by atoms with Crippen LogP contribution >= 0.6 is 23.1 Å². The Balaban J connectivity index is 1.98. The number of aromatic nitrogens is 3. The highest BCUT2D eigenvalue weighted by molar-refractivity contribution is 7.98. The largest absolute Gasteiger partial charge is 0.370 e. The van der Waals surface area contributed by atoms with Gasteiger partial charge in [0, 0.05) is 29.6 Å². The van der Waals surface area contributed by atoms with Gasteiger partial charge in [-0.25, -0.2) is 15.0 Å². The van der Waals surface area contributed by atoms with Crippen molar-refractivity contribution in [3.05, 3.63) is 16.8 Å². The first-order valence-corrected chi connectivity index (χ1v) is 12.9. The van der Waals surface area contributed by atoms with Crippen molar-refractivity contribution in [2.45, 2.75) is 77.7 Å². The second kappa shape index (κ2) is 8.60. The number of ether oxygens (including phenoxy) is 1. The third-order valence-corrected chi connectivity index (χ3v) is 7.19. The van der Waals surface area contributed by atoms with Crippen molar-refractivity contribution in [2.75, 3.05) is 18.1 Å². The van der Waals surface area contributed by atoms with E-state index < -0.39 is 0 Å². The lowest BCUT2D eigenvalue weighted by Crippen LogP contribution is -2.33. The Kier molecular flexibility index (Phi) is 6.24. The molecule has 0 radical (unpaired) electrons. The van der Waals surface area contributed by atoms with Crippen LogP contribution in [0.2, 0.25) is 0 Å². The van der Waals surface area contributed by atoms with Crippen LogP contribution in [0.4, 0.5) is 5.82 Å². The van der Waals surface area contributed by atoms with Crippen LogP contribution < -0.4 is 5.32 Å². The molecule has 0 saturated carbocycles. The zero-order valence-corrected chi connectivity index (χ0v) is 20.5. The van der Waals surface area contributed by atoms with Gasteiger partial charge in [-0.05, 0) is 44.4 Å². The van der Waals surface area contributed by atoms with Gasteiger partial charge < -0.3 is 10.1 Å². The highest BCUT2D eigenvalue weighted by Crippen LogP contribution is 2.43. The number of hydrogen-bond acceptors (Lipinski definition) is 7. The lowest BCUT2D eigenvalue weighted by Gasteiger charge is -2.33. The van der Waals surface area contributed by atoms with E-state index in [-0.39, 0.29) is 5.60 Å². The van der Waals surface area contributed by atoms with Crippen LogP contribution in [0.25, 0.3) is 20.4 Å². The first-order valence-electron chi connectivity index (χ1n) is 10.9. The van der Waals surface area contributed by atoms with Gasteiger partial charge in [0.1, 0.15) is 10.6 Å². The summed E-state index contributed by atoms with van der Waals surface area (Å²) in [5, 5.41) is 5.59. The Morgan fingerprint density at radius 2 is 2.00 bits per heavy atom. The van der Waals surface area contributed by atoms with E-state index in [2.05, 4.69) is 39.9 Å². The van der Waals surface area contributed by atoms with E-state index in [1.807, 2.05) is 6.26 Å². The molecule has 5 nitrogen and oxygen atoms in total. The van der Waals surface area contributed by atoms with Crippen molar-refractivity contribution in [2.24, 2.45) is 5.92 Å². The van der Waals surface area contributed by atoms with E-state index in [1.165, 1.54) is 22.2 Å². The van der Waals surface area contributed by atoms with Gasteiger partial charge in [-0.2, -0.15) is 0 Å². The van der Waals surface area contributed by atoms with Crippen LogP contribution in [0, 0.1) is 5.92 Å². The van der Waals surface area contributed by atoms with Gasteiger partial charge in [-0.1, -0.05) is 39.0 Å². The minimum Gasteiger partial charge on any atom is -0.370 e. The van der Waals surface area contributed by atoms with Crippen molar-refractivity contribution >= 4 is 49.3 Å². The fraction of sp³-hybridized carbons (Fsp3) is 0.609. The number of nitrogens with zero attached hydrogens (tertiary/aromatic N) is 3. The molecule has 1 N–H and O–H groups in total. The van der Waals surface area contributed by atoms with E-state index in [4.69, 9.17) is 19.7 Å². The van der Waals surface area contributed by atoms with E-state index in [9.17, 15) is 0 Å². The van der Waals surface area contributed by atoms with Gasteiger partial charge in [0.2, 0.25) is 0 Å². The van der Waals surface area contributed by atoms with Gasteiger partial charge in [0.25, 0.3) is 0 Å². The smallest absolute Gasteiger partial charge is 0.189 e. The van der Waals surface area contributed by atoms with Crippen molar-refractivity contribution in [3.63, 3.8) is 0 Å². The standard InChI is InChI=1S/C23H32N4OS2/c1-7-8-9-24-20-19-18(26-22(27-20)29-6)17-14-11-23(4,5)28-12-15(14)16(10-13(2)3)25-21(17)30-19/h13H,7-12H2,1-6H3,(H,24,26,27). The molecule has 4 heterocycles. The molecular formula is C23H32N4OS2. The quantitative estimate of drug-likeness (QED) is 0.265. The number of thioether (sulfide) groups is 1. The van der Waals surface area contributed by atoms with Crippen LogP contribution in [-0.2, 0) is 24.2 Å². The molecule has 1 aliphatic heterocycles. The summed E-state index contributed by atoms with van der Waals surface area (Å²) in [4.78, 5) is 16.0. The topological polar surface area (TPSA) is 59.9 Å². The maximum atomic E-state index is 6.20. The van der Waals surface area contributed by atoms with Crippen LogP contribution in [0.1, 0.15) is 64.3 Å². The third kappa shape index (κ3) is 4.16. The monoisotopic (exact) mass is 444 g/mol. The average Bonchev–Trinajstić information content (AvgIpc) is 3.05. The van der Waals surface area contributed by atoms with E-state index >= 15 is 0 Å². The maximum Gasteiger partial charge on any atom is 0.189 e. The lowest BCUT2D eigenvalue weighted by atomic mass is 9.88. The van der Waals surface area contributed by atoms with Gasteiger partial charge in [-0.3, -0.25) is 0 Å². The molecule has 3 aromatic rings. The molecule has 1 aliphatic rings.